The summed E-state index contributed by atoms with van der Waals surface area (Å²) < 4.78 is 6.02. The Hall–Kier alpha value is -0.0400. The highest BCUT2D eigenvalue weighted by molar-refractivity contribution is 5.14. The second-order valence-electron chi connectivity index (χ2n) is 12.4. The molecule has 1 saturated heterocycles. The highest BCUT2D eigenvalue weighted by Crippen LogP contribution is 2.71. The van der Waals surface area contributed by atoms with E-state index < -0.39 is 0 Å². The normalized spacial score (nSPS) is 62.0. The van der Waals surface area contributed by atoms with Crippen molar-refractivity contribution in [2.24, 2.45) is 45.8 Å². The van der Waals surface area contributed by atoms with Crippen molar-refractivity contribution >= 4 is 0 Å². The van der Waals surface area contributed by atoms with Crippen LogP contribution < -0.4 is 0 Å². The van der Waals surface area contributed by atoms with E-state index in [9.17, 15) is 0 Å². The van der Waals surface area contributed by atoms with E-state index in [0.29, 0.717) is 16.2 Å². The van der Waals surface area contributed by atoms with E-state index in [1.54, 1.807) is 0 Å². The molecule has 26 heavy (non-hydrogen) atoms. The van der Waals surface area contributed by atoms with Gasteiger partial charge in [-0.1, -0.05) is 40.5 Å². The van der Waals surface area contributed by atoms with E-state index >= 15 is 0 Å². The average molecular weight is 359 g/mol. The molecule has 1 heterocycles. The van der Waals surface area contributed by atoms with Gasteiger partial charge in [-0.2, -0.15) is 0 Å². The minimum Gasteiger partial charge on any atom is -0.370 e. The first-order chi connectivity index (χ1) is 12.2. The lowest BCUT2D eigenvalue weighted by molar-refractivity contribution is -0.183. The number of hydrogen-bond acceptors (Lipinski definition) is 1. The zero-order valence-corrected chi connectivity index (χ0v) is 18.1. The molecule has 0 radical (unpaired) electrons. The fourth-order valence-electron chi connectivity index (χ4n) is 9.45. The maximum Gasteiger partial charge on any atom is 0.0921 e. The summed E-state index contributed by atoms with van der Waals surface area (Å²) in [5.41, 5.74) is 2.00. The Labute approximate surface area is 162 Å². The van der Waals surface area contributed by atoms with Crippen molar-refractivity contribution in [1.82, 2.24) is 0 Å². The molecule has 0 aromatic heterocycles. The Kier molecular flexibility index (Phi) is 3.82. The quantitative estimate of drug-likeness (QED) is 0.467. The summed E-state index contributed by atoms with van der Waals surface area (Å²) in [6.07, 6.45) is 14.9. The largest absolute Gasteiger partial charge is 0.370 e. The maximum atomic E-state index is 6.02. The van der Waals surface area contributed by atoms with Crippen LogP contribution in [0.3, 0.4) is 0 Å². The Morgan fingerprint density at radius 3 is 2.31 bits per heavy atom. The molecule has 0 amide bonds. The van der Waals surface area contributed by atoms with Crippen LogP contribution in [0.15, 0.2) is 0 Å². The smallest absolute Gasteiger partial charge is 0.0921 e. The minimum atomic E-state index is 0.230. The summed E-state index contributed by atoms with van der Waals surface area (Å²) >= 11 is 0. The fourth-order valence-corrected chi connectivity index (χ4v) is 9.45. The zero-order chi connectivity index (χ0) is 18.4. The van der Waals surface area contributed by atoms with Gasteiger partial charge in [0.1, 0.15) is 0 Å². The number of epoxide rings is 1. The topological polar surface area (TPSA) is 12.5 Å². The van der Waals surface area contributed by atoms with Gasteiger partial charge in [-0.25, -0.2) is 0 Å². The average Bonchev–Trinajstić information content (AvgIpc) is 3.33. The van der Waals surface area contributed by atoms with Gasteiger partial charge in [-0.3, -0.25) is 0 Å². The molecule has 9 atom stereocenters. The molecule has 1 nitrogen and oxygen atoms in total. The molecular formula is C25H42O. The SMILES string of the molecule is CC1CC[C@]2(C)C3CC[C@@]4(C)C(CCC[C@@H]4C4(C)CO4)C3CC[C@]2(C)C1. The first kappa shape index (κ1) is 18.0. The van der Waals surface area contributed by atoms with Crippen LogP contribution in [0.25, 0.3) is 0 Å². The predicted octanol–water partition coefficient (Wildman–Crippen LogP) is 6.85. The van der Waals surface area contributed by atoms with Gasteiger partial charge in [-0.15, -0.1) is 0 Å². The van der Waals surface area contributed by atoms with Crippen LogP contribution in [-0.4, -0.2) is 12.2 Å². The van der Waals surface area contributed by atoms with Crippen molar-refractivity contribution in [1.29, 1.82) is 0 Å². The Morgan fingerprint density at radius 2 is 1.58 bits per heavy atom. The Morgan fingerprint density at radius 1 is 0.808 bits per heavy atom. The van der Waals surface area contributed by atoms with Crippen LogP contribution >= 0.6 is 0 Å². The Bertz CT molecular complexity index is 579. The molecule has 5 fully saturated rings. The third-order valence-corrected chi connectivity index (χ3v) is 11.2. The predicted molar refractivity (Wildman–Crippen MR) is 108 cm³/mol. The molecule has 0 N–H and O–H groups in total. The van der Waals surface area contributed by atoms with Gasteiger partial charge < -0.3 is 4.74 Å². The molecule has 5 aliphatic rings. The maximum absolute atomic E-state index is 6.02. The summed E-state index contributed by atoms with van der Waals surface area (Å²) in [5.74, 6) is 4.75. The van der Waals surface area contributed by atoms with Crippen LogP contribution in [0.1, 0.15) is 98.8 Å². The highest BCUT2D eigenvalue weighted by atomic mass is 16.6. The van der Waals surface area contributed by atoms with Crippen LogP contribution in [0.4, 0.5) is 0 Å². The van der Waals surface area contributed by atoms with Crippen molar-refractivity contribution in [3.05, 3.63) is 0 Å². The highest BCUT2D eigenvalue weighted by Gasteiger charge is 2.65. The van der Waals surface area contributed by atoms with E-state index in [1.807, 2.05) is 0 Å². The van der Waals surface area contributed by atoms with E-state index in [4.69, 9.17) is 4.74 Å². The van der Waals surface area contributed by atoms with Crippen LogP contribution in [0.5, 0.6) is 0 Å². The molecule has 4 saturated carbocycles. The fraction of sp³-hybridized carbons (Fsp3) is 1.00. The van der Waals surface area contributed by atoms with Gasteiger partial charge in [0, 0.05) is 0 Å². The summed E-state index contributed by atoms with van der Waals surface area (Å²) in [7, 11) is 0. The van der Waals surface area contributed by atoms with E-state index in [0.717, 1.165) is 36.2 Å². The van der Waals surface area contributed by atoms with Gasteiger partial charge in [0.2, 0.25) is 0 Å². The second-order valence-corrected chi connectivity index (χ2v) is 12.4. The summed E-state index contributed by atoms with van der Waals surface area (Å²) in [6, 6.07) is 0. The number of hydrogen-bond donors (Lipinski definition) is 0. The molecule has 5 unspecified atom stereocenters. The standard InChI is InChI=1S/C25H42O/c1-17-9-14-24(4)20-11-13-23(3)19(18(20)10-12-22(24,2)15-17)7-6-8-21(23)25(5)16-26-25/h17-21H,6-16H2,1-5H3/t17?,18?,19?,20?,21-,22+,23-,24+,25?/m0/s1. The third-order valence-electron chi connectivity index (χ3n) is 11.2. The van der Waals surface area contributed by atoms with Crippen LogP contribution in [-0.2, 0) is 4.74 Å². The van der Waals surface area contributed by atoms with Crippen molar-refractivity contribution in [2.45, 2.75) is 104 Å². The summed E-state index contributed by atoms with van der Waals surface area (Å²) in [5, 5.41) is 0. The van der Waals surface area contributed by atoms with Gasteiger partial charge >= 0.3 is 0 Å². The van der Waals surface area contributed by atoms with Gasteiger partial charge in [0.05, 0.1) is 12.2 Å². The second kappa shape index (κ2) is 5.52. The number of rotatable bonds is 1. The molecular weight excluding hydrogens is 316 g/mol. The molecule has 1 heteroatoms. The summed E-state index contributed by atoms with van der Waals surface area (Å²) in [6.45, 7) is 14.0. The minimum absolute atomic E-state index is 0.230. The molecule has 1 aliphatic heterocycles. The van der Waals surface area contributed by atoms with Crippen molar-refractivity contribution in [3.8, 4) is 0 Å². The van der Waals surface area contributed by atoms with Crippen LogP contribution in [0, 0.1) is 45.8 Å². The van der Waals surface area contributed by atoms with Crippen molar-refractivity contribution in [3.63, 3.8) is 0 Å². The van der Waals surface area contributed by atoms with Gasteiger partial charge in [0.25, 0.3) is 0 Å². The van der Waals surface area contributed by atoms with Crippen LogP contribution in [0.2, 0.25) is 0 Å². The summed E-state index contributed by atoms with van der Waals surface area (Å²) in [4.78, 5) is 0. The molecule has 4 aliphatic carbocycles. The molecule has 0 aromatic rings. The number of fused-ring (bicyclic) bond motifs is 5. The lowest BCUT2D eigenvalue weighted by atomic mass is 9.37. The van der Waals surface area contributed by atoms with Gasteiger partial charge in [-0.05, 0) is 104 Å². The third kappa shape index (κ3) is 2.25. The zero-order valence-electron chi connectivity index (χ0n) is 18.1. The molecule has 0 spiro atoms. The van der Waals surface area contributed by atoms with E-state index in [2.05, 4.69) is 34.6 Å². The van der Waals surface area contributed by atoms with E-state index in [1.165, 1.54) is 64.2 Å². The molecule has 148 valence electrons. The lowest BCUT2D eigenvalue weighted by Gasteiger charge is -2.67. The molecule has 5 rings (SSSR count). The van der Waals surface area contributed by atoms with Gasteiger partial charge in [0.15, 0.2) is 0 Å². The first-order valence-corrected chi connectivity index (χ1v) is 11.9. The lowest BCUT2D eigenvalue weighted by Crippen LogP contribution is -2.60. The number of ether oxygens (including phenoxy) is 1. The van der Waals surface area contributed by atoms with E-state index in [-0.39, 0.29) is 5.60 Å². The Balaban J connectivity index is 1.47. The monoisotopic (exact) mass is 358 g/mol. The first-order valence-electron chi connectivity index (χ1n) is 11.9. The molecule has 0 bridgehead atoms. The van der Waals surface area contributed by atoms with Crippen molar-refractivity contribution < 1.29 is 4.74 Å². The molecule has 0 aromatic carbocycles. The van der Waals surface area contributed by atoms with Crippen molar-refractivity contribution in [2.75, 3.05) is 6.61 Å².